The highest BCUT2D eigenvalue weighted by atomic mass is 16.7. The Kier molecular flexibility index (Phi) is 6.93. The molecule has 0 bridgehead atoms. The number of nitrogens with zero attached hydrogens (tertiary/aromatic N) is 2. The van der Waals surface area contributed by atoms with Crippen LogP contribution in [-0.4, -0.2) is 68.2 Å². The molecule has 2 atom stereocenters. The van der Waals surface area contributed by atoms with Gasteiger partial charge in [0.25, 0.3) is 0 Å². The first-order valence-electron chi connectivity index (χ1n) is 9.85. The van der Waals surface area contributed by atoms with Gasteiger partial charge in [0, 0.05) is 51.2 Å². The number of piperidine rings is 1. The van der Waals surface area contributed by atoms with E-state index >= 15 is 0 Å². The van der Waals surface area contributed by atoms with Crippen molar-refractivity contribution in [2.45, 2.75) is 51.3 Å². The maximum Gasteiger partial charge on any atom is 0.239 e. The van der Waals surface area contributed by atoms with Crippen molar-refractivity contribution < 1.29 is 14.3 Å². The first-order chi connectivity index (χ1) is 13.5. The summed E-state index contributed by atoms with van der Waals surface area (Å²) in [6, 6.07) is 0.741. The molecule has 3 aliphatic rings. The van der Waals surface area contributed by atoms with Crippen molar-refractivity contribution in [3.63, 3.8) is 0 Å². The van der Waals surface area contributed by atoms with Crippen molar-refractivity contribution in [3.05, 3.63) is 23.2 Å². The maximum atomic E-state index is 8.75. The number of hydrogen-bond acceptors (Lipinski definition) is 8. The van der Waals surface area contributed by atoms with Gasteiger partial charge in [-0.05, 0) is 39.2 Å². The molecule has 2 unspecified atom stereocenters. The van der Waals surface area contributed by atoms with Crippen LogP contribution in [0.15, 0.2) is 28.4 Å². The summed E-state index contributed by atoms with van der Waals surface area (Å²) >= 11 is 0. The van der Waals surface area contributed by atoms with Crippen LogP contribution in [0.5, 0.6) is 0 Å². The van der Waals surface area contributed by atoms with E-state index in [1.54, 1.807) is 20.1 Å². The predicted octanol–water partition coefficient (Wildman–Crippen LogP) is 0.849. The highest BCUT2D eigenvalue weighted by Gasteiger charge is 2.33. The summed E-state index contributed by atoms with van der Waals surface area (Å²) in [5, 5.41) is 19.4. The SMILES string of the molecule is COC1CN(C(=N)C(/C=C(/C)N)=C2/NC(C)=NO2)CCC1NC1CCOCC1. The fourth-order valence-corrected chi connectivity index (χ4v) is 3.80. The highest BCUT2D eigenvalue weighted by molar-refractivity contribution is 6.00. The molecule has 9 nitrogen and oxygen atoms in total. The van der Waals surface area contributed by atoms with Crippen LogP contribution in [0.1, 0.15) is 33.1 Å². The molecule has 3 rings (SSSR count). The first kappa shape index (κ1) is 20.6. The number of likely N-dealkylation sites (tertiary alicyclic amines) is 1. The Morgan fingerprint density at radius 1 is 1.39 bits per heavy atom. The van der Waals surface area contributed by atoms with Gasteiger partial charge < -0.3 is 35.6 Å². The molecule has 5 N–H and O–H groups in total. The first-order valence-corrected chi connectivity index (χ1v) is 9.85. The second-order valence-electron chi connectivity index (χ2n) is 7.54. The van der Waals surface area contributed by atoms with Crippen molar-refractivity contribution >= 4 is 11.7 Å². The fraction of sp³-hybridized carbons (Fsp3) is 0.684. The zero-order valence-electron chi connectivity index (χ0n) is 17.0. The summed E-state index contributed by atoms with van der Waals surface area (Å²) in [5.74, 6) is 1.44. The minimum Gasteiger partial charge on any atom is -0.402 e. The molecule has 0 spiro atoms. The lowest BCUT2D eigenvalue weighted by Crippen LogP contribution is -2.57. The third-order valence-corrected chi connectivity index (χ3v) is 5.29. The molecule has 28 heavy (non-hydrogen) atoms. The Morgan fingerprint density at radius 3 is 2.75 bits per heavy atom. The van der Waals surface area contributed by atoms with Gasteiger partial charge in [-0.1, -0.05) is 5.16 Å². The van der Waals surface area contributed by atoms with Crippen LogP contribution < -0.4 is 16.4 Å². The lowest BCUT2D eigenvalue weighted by atomic mass is 9.97. The van der Waals surface area contributed by atoms with Gasteiger partial charge in [-0.3, -0.25) is 5.41 Å². The molecule has 9 heteroatoms. The van der Waals surface area contributed by atoms with Crippen LogP contribution in [0, 0.1) is 5.41 Å². The van der Waals surface area contributed by atoms with Crippen LogP contribution in [0.3, 0.4) is 0 Å². The Balaban J connectivity index is 1.68. The topological polar surface area (TPSA) is 117 Å². The number of methoxy groups -OCH3 is 1. The molecule has 2 saturated heterocycles. The van der Waals surface area contributed by atoms with Crippen molar-refractivity contribution in [2.24, 2.45) is 10.9 Å². The molecule has 3 aliphatic heterocycles. The molecule has 0 aromatic heterocycles. The lowest BCUT2D eigenvalue weighted by Gasteiger charge is -2.41. The van der Waals surface area contributed by atoms with Crippen molar-refractivity contribution in [1.82, 2.24) is 15.5 Å². The molecule has 2 fully saturated rings. The van der Waals surface area contributed by atoms with Crippen LogP contribution in [-0.2, 0) is 14.3 Å². The molecule has 3 heterocycles. The molecule has 0 amide bonds. The number of ether oxygens (including phenoxy) is 2. The normalized spacial score (nSPS) is 28.5. The average molecular weight is 393 g/mol. The number of rotatable bonds is 5. The van der Waals surface area contributed by atoms with E-state index in [9.17, 15) is 0 Å². The minimum atomic E-state index is 0.00147. The van der Waals surface area contributed by atoms with Crippen molar-refractivity contribution in [3.8, 4) is 0 Å². The number of allylic oxidation sites excluding steroid dienone is 1. The number of nitrogens with two attached hydrogens (primary N) is 1. The summed E-state index contributed by atoms with van der Waals surface area (Å²) in [6.07, 6.45) is 4.71. The van der Waals surface area contributed by atoms with Gasteiger partial charge in [0.05, 0.1) is 11.7 Å². The number of amidine groups is 2. The van der Waals surface area contributed by atoms with Gasteiger partial charge in [0.15, 0.2) is 0 Å². The maximum absolute atomic E-state index is 8.75. The van der Waals surface area contributed by atoms with E-state index in [2.05, 4.69) is 15.8 Å². The van der Waals surface area contributed by atoms with Gasteiger partial charge in [-0.25, -0.2) is 0 Å². The zero-order chi connectivity index (χ0) is 20.1. The molecular formula is C19H32N6O3. The Morgan fingerprint density at radius 2 is 2.14 bits per heavy atom. The van der Waals surface area contributed by atoms with Gasteiger partial charge >= 0.3 is 0 Å². The molecule has 0 aromatic carbocycles. The Bertz CT molecular complexity index is 665. The smallest absolute Gasteiger partial charge is 0.239 e. The van der Waals surface area contributed by atoms with E-state index in [4.69, 9.17) is 25.5 Å². The quantitative estimate of drug-likeness (QED) is 0.405. The summed E-state index contributed by atoms with van der Waals surface area (Å²) in [7, 11) is 1.73. The van der Waals surface area contributed by atoms with E-state index < -0.39 is 0 Å². The van der Waals surface area contributed by atoms with Gasteiger partial charge in [0.1, 0.15) is 11.7 Å². The summed E-state index contributed by atoms with van der Waals surface area (Å²) < 4.78 is 11.2. The molecule has 0 aliphatic carbocycles. The van der Waals surface area contributed by atoms with Gasteiger partial charge in [-0.2, -0.15) is 0 Å². The molecule has 0 saturated carbocycles. The summed E-state index contributed by atoms with van der Waals surface area (Å²) in [5.41, 5.74) is 7.08. The van der Waals surface area contributed by atoms with E-state index in [0.717, 1.165) is 39.0 Å². The fourth-order valence-electron chi connectivity index (χ4n) is 3.80. The van der Waals surface area contributed by atoms with Gasteiger partial charge in [0.2, 0.25) is 5.88 Å². The van der Waals surface area contributed by atoms with Crippen LogP contribution in [0.25, 0.3) is 0 Å². The molecular weight excluding hydrogens is 360 g/mol. The zero-order valence-corrected chi connectivity index (χ0v) is 17.0. The monoisotopic (exact) mass is 392 g/mol. The second kappa shape index (κ2) is 9.40. The minimum absolute atomic E-state index is 0.00147. The molecule has 0 aromatic rings. The predicted molar refractivity (Wildman–Crippen MR) is 108 cm³/mol. The van der Waals surface area contributed by atoms with Crippen LogP contribution >= 0.6 is 0 Å². The third kappa shape index (κ3) is 5.03. The van der Waals surface area contributed by atoms with Crippen LogP contribution in [0.4, 0.5) is 0 Å². The van der Waals surface area contributed by atoms with E-state index in [1.807, 2.05) is 11.8 Å². The number of nitrogens with one attached hydrogen (secondary N) is 3. The standard InChI is InChI=1S/C19H32N6O3/c1-12(20)10-15(19-22-13(2)24-28-19)18(21)25-7-4-16(17(11-25)26-3)23-14-5-8-27-9-6-14/h10,14,16-17,21,23H,4-9,11,20H2,1-3H3,(H,22,24)/b12-10-,19-15-,21-18?. The van der Waals surface area contributed by atoms with E-state index in [1.165, 1.54) is 0 Å². The Hall–Kier alpha value is -2.10. The van der Waals surface area contributed by atoms with Crippen LogP contribution in [0.2, 0.25) is 0 Å². The second-order valence-corrected chi connectivity index (χ2v) is 7.54. The number of hydrogen-bond donors (Lipinski definition) is 4. The largest absolute Gasteiger partial charge is 0.402 e. The molecule has 0 radical (unpaired) electrons. The average Bonchev–Trinajstić information content (AvgIpc) is 3.12. The van der Waals surface area contributed by atoms with E-state index in [-0.39, 0.29) is 12.1 Å². The molecule has 156 valence electrons. The summed E-state index contributed by atoms with van der Waals surface area (Å²) in [6.45, 7) is 6.61. The third-order valence-electron chi connectivity index (χ3n) is 5.29. The Labute approximate surface area is 166 Å². The van der Waals surface area contributed by atoms with E-state index in [0.29, 0.717) is 41.4 Å². The number of oxime groups is 1. The highest BCUT2D eigenvalue weighted by Crippen LogP contribution is 2.21. The lowest BCUT2D eigenvalue weighted by molar-refractivity contribution is 0.0112. The van der Waals surface area contributed by atoms with Crippen molar-refractivity contribution in [1.29, 1.82) is 5.41 Å². The van der Waals surface area contributed by atoms with Gasteiger partial charge in [-0.15, -0.1) is 0 Å². The summed E-state index contributed by atoms with van der Waals surface area (Å²) in [4.78, 5) is 7.36. The van der Waals surface area contributed by atoms with Crippen molar-refractivity contribution in [2.75, 3.05) is 33.4 Å².